The molecule has 1 heterocycles. The number of halogens is 9. The van der Waals surface area contributed by atoms with E-state index in [2.05, 4.69) is 0 Å². The summed E-state index contributed by atoms with van der Waals surface area (Å²) >= 11 is 0. The molecule has 0 radical (unpaired) electrons. The maximum Gasteiger partial charge on any atom is 0.418 e. The quantitative estimate of drug-likeness (QED) is 0.315. The number of hydrogen-bond donors (Lipinski definition) is 0. The highest BCUT2D eigenvalue weighted by Gasteiger charge is 2.41. The summed E-state index contributed by atoms with van der Waals surface area (Å²) < 4.78 is 129. The molecule has 0 aromatic heterocycles. The number of nitrogens with zero attached hydrogens (tertiary/aromatic N) is 3. The van der Waals surface area contributed by atoms with Crippen LogP contribution in [0.5, 0.6) is 0 Å². The second-order valence-electron chi connectivity index (χ2n) is 10.6. The van der Waals surface area contributed by atoms with Crippen molar-refractivity contribution in [1.82, 2.24) is 4.90 Å². The number of fused-ring (bicyclic) bond motifs is 1. The van der Waals surface area contributed by atoms with Gasteiger partial charge in [0.05, 0.1) is 34.5 Å². The molecule has 0 bridgehead atoms. The van der Waals surface area contributed by atoms with E-state index in [0.717, 1.165) is 28.9 Å². The number of ether oxygens (including phenoxy) is 1. The Balaban J connectivity index is 2.26. The van der Waals surface area contributed by atoms with Crippen LogP contribution in [-0.4, -0.2) is 43.6 Å². The maximum atomic E-state index is 14.1. The van der Waals surface area contributed by atoms with Gasteiger partial charge in [0.15, 0.2) is 0 Å². The predicted molar refractivity (Wildman–Crippen MR) is 139 cm³/mol. The van der Waals surface area contributed by atoms with E-state index in [1.807, 2.05) is 0 Å². The minimum atomic E-state index is -5.13. The molecular weight excluding hydrogens is 597 g/mol. The Morgan fingerprint density at radius 2 is 1.47 bits per heavy atom. The van der Waals surface area contributed by atoms with Gasteiger partial charge in [-0.1, -0.05) is 0 Å². The van der Waals surface area contributed by atoms with Crippen molar-refractivity contribution in [2.75, 3.05) is 30.4 Å². The summed E-state index contributed by atoms with van der Waals surface area (Å²) in [6, 6.07) is 1.71. The van der Waals surface area contributed by atoms with Crippen LogP contribution in [-0.2, 0) is 34.6 Å². The van der Waals surface area contributed by atoms with Crippen LogP contribution in [0.4, 0.5) is 55.7 Å². The molecule has 6 nitrogen and oxygen atoms in total. The fraction of sp³-hybridized carbons (Fsp3) is 0.500. The Kier molecular flexibility index (Phi) is 9.57. The molecule has 2 amide bonds. The molecule has 3 rings (SSSR count). The Hall–Kier alpha value is -3.65. The summed E-state index contributed by atoms with van der Waals surface area (Å²) in [7, 11) is 2.69. The average molecular weight is 628 g/mol. The van der Waals surface area contributed by atoms with Gasteiger partial charge in [-0.05, 0) is 62.6 Å². The SMILES string of the molecule is CC(=O)N(Cc1cc(C(F)(F)F)cc(C(F)(F)F)c1)C1CCCN(C(=O)OC(C)C)c2cc(C(F)(F)F)c(N(C)C)cc21. The van der Waals surface area contributed by atoms with Gasteiger partial charge in [0.2, 0.25) is 5.91 Å². The summed E-state index contributed by atoms with van der Waals surface area (Å²) in [5.74, 6) is -0.758. The summed E-state index contributed by atoms with van der Waals surface area (Å²) in [4.78, 5) is 29.1. The molecule has 2 aromatic carbocycles. The minimum absolute atomic E-state index is 0.0291. The van der Waals surface area contributed by atoms with Crippen LogP contribution in [0, 0.1) is 0 Å². The van der Waals surface area contributed by atoms with Crippen molar-refractivity contribution in [3.63, 3.8) is 0 Å². The Morgan fingerprint density at radius 3 is 1.91 bits per heavy atom. The van der Waals surface area contributed by atoms with Gasteiger partial charge in [0.25, 0.3) is 0 Å². The minimum Gasteiger partial charge on any atom is -0.446 e. The van der Waals surface area contributed by atoms with Gasteiger partial charge in [-0.2, -0.15) is 39.5 Å². The lowest BCUT2D eigenvalue weighted by atomic mass is 9.95. The zero-order valence-corrected chi connectivity index (χ0v) is 23.8. The van der Waals surface area contributed by atoms with Crippen molar-refractivity contribution in [2.45, 2.75) is 70.8 Å². The van der Waals surface area contributed by atoms with Crippen LogP contribution >= 0.6 is 0 Å². The van der Waals surface area contributed by atoms with Gasteiger partial charge >= 0.3 is 24.6 Å². The van der Waals surface area contributed by atoms with Crippen LogP contribution < -0.4 is 9.80 Å². The lowest BCUT2D eigenvalue weighted by Crippen LogP contribution is -2.35. The topological polar surface area (TPSA) is 53.1 Å². The van der Waals surface area contributed by atoms with E-state index >= 15 is 0 Å². The normalized spacial score (nSPS) is 16.1. The first kappa shape index (κ1) is 33.8. The average Bonchev–Trinajstić information content (AvgIpc) is 3.03. The van der Waals surface area contributed by atoms with E-state index in [1.54, 1.807) is 0 Å². The van der Waals surface area contributed by atoms with E-state index in [1.165, 1.54) is 32.8 Å². The molecule has 1 unspecified atom stereocenters. The van der Waals surface area contributed by atoms with E-state index < -0.39 is 71.5 Å². The predicted octanol–water partition coefficient (Wildman–Crippen LogP) is 8.04. The number of carbonyl (C=O) groups excluding carboxylic acids is 2. The van der Waals surface area contributed by atoms with Gasteiger partial charge in [-0.15, -0.1) is 0 Å². The van der Waals surface area contributed by atoms with Crippen LogP contribution in [0.15, 0.2) is 30.3 Å². The summed E-state index contributed by atoms with van der Waals surface area (Å²) in [6.45, 7) is 3.28. The fourth-order valence-electron chi connectivity index (χ4n) is 4.94. The Labute approximate surface area is 242 Å². The van der Waals surface area contributed by atoms with Crippen molar-refractivity contribution < 1.29 is 53.8 Å². The molecule has 1 aliphatic rings. The first-order chi connectivity index (χ1) is 19.6. The van der Waals surface area contributed by atoms with E-state index in [4.69, 9.17) is 4.74 Å². The Morgan fingerprint density at radius 1 is 0.907 bits per heavy atom. The molecule has 15 heteroatoms. The maximum absolute atomic E-state index is 14.1. The van der Waals surface area contributed by atoms with Crippen LogP contribution in [0.25, 0.3) is 0 Å². The highest BCUT2D eigenvalue weighted by atomic mass is 19.4. The molecule has 43 heavy (non-hydrogen) atoms. The monoisotopic (exact) mass is 627 g/mol. The molecule has 2 aromatic rings. The number of hydrogen-bond acceptors (Lipinski definition) is 4. The van der Waals surface area contributed by atoms with Gasteiger partial charge < -0.3 is 14.5 Å². The van der Waals surface area contributed by atoms with Crippen LogP contribution in [0.1, 0.15) is 67.5 Å². The van der Waals surface area contributed by atoms with Gasteiger partial charge in [-0.25, -0.2) is 4.79 Å². The summed E-state index contributed by atoms with van der Waals surface area (Å²) in [6.07, 6.45) is -16.6. The number of rotatable bonds is 5. The molecule has 0 aliphatic carbocycles. The van der Waals surface area contributed by atoms with Crippen molar-refractivity contribution in [3.8, 4) is 0 Å². The third kappa shape index (κ3) is 7.85. The molecule has 0 fully saturated rings. The first-order valence-corrected chi connectivity index (χ1v) is 13.1. The number of amides is 2. The lowest BCUT2D eigenvalue weighted by molar-refractivity contribution is -0.143. The molecule has 1 aliphatic heterocycles. The van der Waals surface area contributed by atoms with Gasteiger partial charge in [0.1, 0.15) is 0 Å². The molecule has 0 spiro atoms. The lowest BCUT2D eigenvalue weighted by Gasteiger charge is -2.34. The zero-order chi connectivity index (χ0) is 32.7. The number of anilines is 2. The zero-order valence-electron chi connectivity index (χ0n) is 23.8. The molecule has 1 atom stereocenters. The summed E-state index contributed by atoms with van der Waals surface area (Å²) in [5.41, 5.74) is -5.24. The number of benzene rings is 2. The van der Waals surface area contributed by atoms with Crippen LogP contribution in [0.3, 0.4) is 0 Å². The van der Waals surface area contributed by atoms with Crippen molar-refractivity contribution in [3.05, 3.63) is 58.1 Å². The van der Waals surface area contributed by atoms with E-state index in [9.17, 15) is 49.1 Å². The van der Waals surface area contributed by atoms with Crippen molar-refractivity contribution in [1.29, 1.82) is 0 Å². The van der Waals surface area contributed by atoms with Gasteiger partial charge in [-0.3, -0.25) is 9.69 Å². The second-order valence-corrected chi connectivity index (χ2v) is 10.6. The Bertz CT molecular complexity index is 1320. The standard InChI is InChI=1S/C28H30F9N3O3/c1-15(2)43-25(42)39-8-6-7-22(20-12-24(38(4)5)21(13-23(20)39)28(35,36)37)40(16(3)41)14-17-9-18(26(29,30)31)11-19(10-17)27(32,33)34/h9-13,15,22H,6-8,14H2,1-5H3. The summed E-state index contributed by atoms with van der Waals surface area (Å²) in [5, 5.41) is 0. The molecule has 0 saturated carbocycles. The second kappa shape index (κ2) is 12.2. The third-order valence-corrected chi connectivity index (χ3v) is 6.78. The molecule has 0 N–H and O–H groups in total. The first-order valence-electron chi connectivity index (χ1n) is 13.1. The van der Waals surface area contributed by atoms with E-state index in [0.29, 0.717) is 12.1 Å². The highest BCUT2D eigenvalue weighted by Crippen LogP contribution is 2.46. The van der Waals surface area contributed by atoms with E-state index in [-0.39, 0.29) is 42.4 Å². The molecule has 238 valence electrons. The smallest absolute Gasteiger partial charge is 0.418 e. The molecule has 0 saturated heterocycles. The number of alkyl halides is 9. The van der Waals surface area contributed by atoms with Gasteiger partial charge in [0, 0.05) is 45.4 Å². The number of carbonyl (C=O) groups is 2. The largest absolute Gasteiger partial charge is 0.446 e. The van der Waals surface area contributed by atoms with Crippen LogP contribution in [0.2, 0.25) is 0 Å². The third-order valence-electron chi connectivity index (χ3n) is 6.78. The highest BCUT2D eigenvalue weighted by molar-refractivity contribution is 5.90. The molecular formula is C28H30F9N3O3. The van der Waals surface area contributed by atoms with Crippen molar-refractivity contribution in [2.24, 2.45) is 0 Å². The van der Waals surface area contributed by atoms with Crippen molar-refractivity contribution >= 4 is 23.4 Å². The fourth-order valence-corrected chi connectivity index (χ4v) is 4.94.